The summed E-state index contributed by atoms with van der Waals surface area (Å²) in [5.74, 6) is 0.845. The van der Waals surface area contributed by atoms with Gasteiger partial charge >= 0.3 is 0 Å². The van der Waals surface area contributed by atoms with Gasteiger partial charge in [0.25, 0.3) is 0 Å². The summed E-state index contributed by atoms with van der Waals surface area (Å²) in [6.45, 7) is 4.28. The minimum absolute atomic E-state index is 0.622. The summed E-state index contributed by atoms with van der Waals surface area (Å²) in [6.07, 6.45) is 4.84. The Balaban J connectivity index is 1.48. The van der Waals surface area contributed by atoms with E-state index >= 15 is 0 Å². The molecule has 0 radical (unpaired) electrons. The van der Waals surface area contributed by atoms with Crippen LogP contribution in [0.2, 0.25) is 10.0 Å². The van der Waals surface area contributed by atoms with E-state index in [1.807, 2.05) is 29.5 Å². The molecule has 1 heterocycles. The average molecular weight is 354 g/mol. The van der Waals surface area contributed by atoms with Crippen LogP contribution in [-0.4, -0.2) is 6.54 Å². The Kier molecular flexibility index (Phi) is 5.46. The summed E-state index contributed by atoms with van der Waals surface area (Å²) < 4.78 is 0. The van der Waals surface area contributed by atoms with Gasteiger partial charge in [-0.1, -0.05) is 36.2 Å². The van der Waals surface area contributed by atoms with Crippen LogP contribution in [-0.2, 0) is 25.8 Å². The zero-order chi connectivity index (χ0) is 15.5. The molecule has 0 saturated carbocycles. The molecule has 0 bridgehead atoms. The first-order valence-electron chi connectivity index (χ1n) is 7.87. The van der Waals surface area contributed by atoms with Crippen molar-refractivity contribution in [2.45, 2.75) is 39.2 Å². The molecule has 0 spiro atoms. The quantitative estimate of drug-likeness (QED) is 0.698. The van der Waals surface area contributed by atoms with Crippen molar-refractivity contribution in [1.29, 1.82) is 0 Å². The lowest BCUT2D eigenvalue weighted by molar-refractivity contribution is 0.506. The van der Waals surface area contributed by atoms with Crippen molar-refractivity contribution in [2.24, 2.45) is 5.92 Å². The molecule has 0 aliphatic heterocycles. The third-order valence-corrected chi connectivity index (χ3v) is 6.23. The van der Waals surface area contributed by atoms with Crippen molar-refractivity contribution in [3.63, 3.8) is 0 Å². The Hall–Kier alpha value is -0.540. The lowest BCUT2D eigenvalue weighted by atomic mass is 9.90. The van der Waals surface area contributed by atoms with E-state index in [2.05, 4.69) is 18.3 Å². The molecule has 0 amide bonds. The Bertz CT molecular complexity index is 651. The summed E-state index contributed by atoms with van der Waals surface area (Å²) in [7, 11) is 0. The van der Waals surface area contributed by atoms with Gasteiger partial charge in [0, 0.05) is 16.3 Å². The van der Waals surface area contributed by atoms with Gasteiger partial charge in [0.05, 0.1) is 10.0 Å². The molecule has 0 saturated heterocycles. The molecule has 4 heteroatoms. The topological polar surface area (TPSA) is 12.0 Å². The fourth-order valence-electron chi connectivity index (χ4n) is 2.99. The highest BCUT2D eigenvalue weighted by Gasteiger charge is 2.17. The number of rotatable bonds is 5. The highest BCUT2D eigenvalue weighted by Crippen LogP contribution is 2.32. The Morgan fingerprint density at radius 1 is 1.23 bits per heavy atom. The Labute approximate surface area is 146 Å². The third-order valence-electron chi connectivity index (χ3n) is 4.25. The predicted octanol–water partition coefficient (Wildman–Crippen LogP) is 5.51. The monoisotopic (exact) mass is 353 g/mol. The molecule has 1 N–H and O–H groups in total. The summed E-state index contributed by atoms with van der Waals surface area (Å²) in [4.78, 5) is 3.08. The first-order chi connectivity index (χ1) is 10.6. The van der Waals surface area contributed by atoms with E-state index in [1.165, 1.54) is 29.7 Å². The molecule has 1 aliphatic carbocycles. The second-order valence-corrected chi connectivity index (χ2v) is 8.22. The average Bonchev–Trinajstić information content (AvgIpc) is 2.89. The number of aryl methyl sites for hydroxylation is 1. The summed E-state index contributed by atoms with van der Waals surface area (Å²) >= 11 is 14.0. The molecule has 2 aromatic rings. The van der Waals surface area contributed by atoms with Crippen LogP contribution < -0.4 is 5.32 Å². The molecular weight excluding hydrogens is 333 g/mol. The van der Waals surface area contributed by atoms with E-state index in [-0.39, 0.29) is 0 Å². The molecule has 1 aromatic carbocycles. The molecule has 1 unspecified atom stereocenters. The first kappa shape index (κ1) is 16.3. The largest absolute Gasteiger partial charge is 0.312 e. The lowest BCUT2D eigenvalue weighted by Gasteiger charge is -2.17. The number of benzene rings is 1. The molecular formula is C18H21Cl2NS. The fraction of sp³-hybridized carbons (Fsp3) is 0.444. The van der Waals surface area contributed by atoms with Gasteiger partial charge in [0.2, 0.25) is 0 Å². The van der Waals surface area contributed by atoms with Gasteiger partial charge in [0.15, 0.2) is 0 Å². The lowest BCUT2D eigenvalue weighted by Crippen LogP contribution is -2.15. The molecule has 1 aliphatic rings. The highest BCUT2D eigenvalue weighted by molar-refractivity contribution is 7.12. The maximum Gasteiger partial charge on any atom is 0.0595 e. The smallest absolute Gasteiger partial charge is 0.0595 e. The van der Waals surface area contributed by atoms with Gasteiger partial charge in [0.1, 0.15) is 0 Å². The Morgan fingerprint density at radius 3 is 2.91 bits per heavy atom. The van der Waals surface area contributed by atoms with Gasteiger partial charge in [-0.25, -0.2) is 0 Å². The number of thiophene rings is 1. The standard InChI is InChI=1S/C18H21Cl2NS/c1-12-2-5-18-14(8-12)10-15(22-18)11-21-7-6-13-3-4-16(19)17(20)9-13/h3-4,9-10,12,21H,2,5-8,11H2,1H3. The number of halogens is 2. The molecule has 1 nitrogen and oxygen atoms in total. The minimum Gasteiger partial charge on any atom is -0.312 e. The number of nitrogens with one attached hydrogen (secondary N) is 1. The van der Waals surface area contributed by atoms with Gasteiger partial charge in [-0.05, 0) is 67.5 Å². The molecule has 1 aromatic heterocycles. The van der Waals surface area contributed by atoms with Crippen LogP contribution in [0.3, 0.4) is 0 Å². The van der Waals surface area contributed by atoms with Crippen LogP contribution >= 0.6 is 34.5 Å². The van der Waals surface area contributed by atoms with E-state index < -0.39 is 0 Å². The second kappa shape index (κ2) is 7.35. The first-order valence-corrected chi connectivity index (χ1v) is 9.44. The van der Waals surface area contributed by atoms with Gasteiger partial charge in [-0.3, -0.25) is 0 Å². The van der Waals surface area contributed by atoms with Crippen molar-refractivity contribution < 1.29 is 0 Å². The van der Waals surface area contributed by atoms with Crippen LogP contribution in [0.4, 0.5) is 0 Å². The van der Waals surface area contributed by atoms with Gasteiger partial charge in [-0.2, -0.15) is 0 Å². The SMILES string of the molecule is CC1CCc2sc(CNCCc3ccc(Cl)c(Cl)c3)cc2C1. The van der Waals surface area contributed by atoms with Crippen LogP contribution in [0.25, 0.3) is 0 Å². The van der Waals surface area contributed by atoms with Gasteiger partial charge in [-0.15, -0.1) is 11.3 Å². The zero-order valence-electron chi connectivity index (χ0n) is 12.8. The zero-order valence-corrected chi connectivity index (χ0v) is 15.1. The number of hydrogen-bond donors (Lipinski definition) is 1. The maximum absolute atomic E-state index is 6.04. The van der Waals surface area contributed by atoms with Crippen molar-refractivity contribution in [3.8, 4) is 0 Å². The molecule has 118 valence electrons. The normalized spacial score (nSPS) is 17.5. The fourth-order valence-corrected chi connectivity index (χ4v) is 4.50. The van der Waals surface area contributed by atoms with Crippen LogP contribution in [0.5, 0.6) is 0 Å². The van der Waals surface area contributed by atoms with E-state index in [4.69, 9.17) is 23.2 Å². The van der Waals surface area contributed by atoms with Crippen molar-refractivity contribution in [3.05, 3.63) is 55.2 Å². The summed E-state index contributed by atoms with van der Waals surface area (Å²) in [6, 6.07) is 8.27. The van der Waals surface area contributed by atoms with E-state index in [0.717, 1.165) is 25.4 Å². The van der Waals surface area contributed by atoms with Crippen LogP contribution in [0.1, 0.15) is 34.2 Å². The van der Waals surface area contributed by atoms with Crippen molar-refractivity contribution in [2.75, 3.05) is 6.54 Å². The van der Waals surface area contributed by atoms with Gasteiger partial charge < -0.3 is 5.32 Å². The minimum atomic E-state index is 0.622. The second-order valence-electron chi connectivity index (χ2n) is 6.18. The predicted molar refractivity (Wildman–Crippen MR) is 97.4 cm³/mol. The third kappa shape index (κ3) is 4.05. The number of fused-ring (bicyclic) bond motifs is 1. The molecule has 3 rings (SSSR count). The van der Waals surface area contributed by atoms with Crippen LogP contribution in [0, 0.1) is 5.92 Å². The Morgan fingerprint density at radius 2 is 2.09 bits per heavy atom. The maximum atomic E-state index is 6.04. The molecule has 22 heavy (non-hydrogen) atoms. The van der Waals surface area contributed by atoms with E-state index in [1.54, 1.807) is 10.4 Å². The summed E-state index contributed by atoms with van der Waals surface area (Å²) in [5, 5.41) is 4.80. The van der Waals surface area contributed by atoms with E-state index in [9.17, 15) is 0 Å². The van der Waals surface area contributed by atoms with Crippen LogP contribution in [0.15, 0.2) is 24.3 Å². The van der Waals surface area contributed by atoms with Crippen molar-refractivity contribution >= 4 is 34.5 Å². The number of hydrogen-bond acceptors (Lipinski definition) is 2. The summed E-state index contributed by atoms with van der Waals surface area (Å²) in [5.41, 5.74) is 2.81. The van der Waals surface area contributed by atoms with Crippen molar-refractivity contribution in [1.82, 2.24) is 5.32 Å². The van der Waals surface area contributed by atoms with E-state index in [0.29, 0.717) is 10.0 Å². The molecule has 0 fully saturated rings. The molecule has 1 atom stereocenters. The highest BCUT2D eigenvalue weighted by atomic mass is 35.5.